The predicted molar refractivity (Wildman–Crippen MR) is 97.4 cm³/mol. The van der Waals surface area contributed by atoms with E-state index in [2.05, 4.69) is 51.9 Å². The Balaban J connectivity index is 1.36. The maximum Gasteiger partial charge on any atom is 0.236 e. The first-order chi connectivity index (χ1) is 12.1. The average molecular weight is 338 g/mol. The summed E-state index contributed by atoms with van der Waals surface area (Å²) in [7, 11) is 0. The lowest BCUT2D eigenvalue weighted by Crippen LogP contribution is -2.41. The number of carbonyl (C=O) groups is 1. The number of benzene rings is 1. The van der Waals surface area contributed by atoms with Crippen LogP contribution in [-0.4, -0.2) is 51.7 Å². The van der Waals surface area contributed by atoms with Crippen LogP contribution in [0.4, 0.5) is 0 Å². The van der Waals surface area contributed by atoms with Gasteiger partial charge in [-0.3, -0.25) is 14.4 Å². The minimum Gasteiger partial charge on any atom is -0.339 e. The van der Waals surface area contributed by atoms with Crippen LogP contribution in [-0.2, 0) is 17.8 Å². The molecule has 2 aliphatic rings. The fourth-order valence-electron chi connectivity index (χ4n) is 4.16. The van der Waals surface area contributed by atoms with Crippen molar-refractivity contribution in [3.05, 3.63) is 52.8 Å². The zero-order valence-corrected chi connectivity index (χ0v) is 15.1. The first-order valence-electron chi connectivity index (χ1n) is 9.20. The van der Waals surface area contributed by atoms with Crippen LogP contribution in [0.5, 0.6) is 0 Å². The van der Waals surface area contributed by atoms with Crippen LogP contribution in [0, 0.1) is 13.8 Å². The van der Waals surface area contributed by atoms with Gasteiger partial charge in [0.05, 0.1) is 18.3 Å². The van der Waals surface area contributed by atoms with Gasteiger partial charge in [-0.1, -0.05) is 24.3 Å². The lowest BCUT2D eigenvalue weighted by molar-refractivity contribution is -0.131. The van der Waals surface area contributed by atoms with E-state index in [4.69, 9.17) is 0 Å². The summed E-state index contributed by atoms with van der Waals surface area (Å²) >= 11 is 0. The third-order valence-electron chi connectivity index (χ3n) is 5.48. The highest BCUT2D eigenvalue weighted by atomic mass is 16.2. The van der Waals surface area contributed by atoms with Gasteiger partial charge in [-0.05, 0) is 43.9 Å². The summed E-state index contributed by atoms with van der Waals surface area (Å²) in [5, 5.41) is 4.59. The molecule has 3 heterocycles. The van der Waals surface area contributed by atoms with E-state index in [-0.39, 0.29) is 5.91 Å². The van der Waals surface area contributed by atoms with Gasteiger partial charge in [-0.15, -0.1) is 0 Å². The second kappa shape index (κ2) is 6.64. The van der Waals surface area contributed by atoms with Crippen LogP contribution in [0.1, 0.15) is 35.0 Å². The molecule has 0 spiro atoms. The molecule has 0 bridgehead atoms. The van der Waals surface area contributed by atoms with Gasteiger partial charge in [-0.2, -0.15) is 5.10 Å². The molecule has 1 aromatic heterocycles. The molecule has 2 aromatic rings. The summed E-state index contributed by atoms with van der Waals surface area (Å²) in [6.07, 6.45) is 2.04. The fraction of sp³-hybridized carbons (Fsp3) is 0.500. The van der Waals surface area contributed by atoms with Crippen molar-refractivity contribution < 1.29 is 4.79 Å². The van der Waals surface area contributed by atoms with Crippen LogP contribution in [0.2, 0.25) is 0 Å². The van der Waals surface area contributed by atoms with Crippen molar-refractivity contribution in [2.24, 2.45) is 0 Å². The van der Waals surface area contributed by atoms with E-state index in [0.29, 0.717) is 12.6 Å². The van der Waals surface area contributed by atoms with Gasteiger partial charge in [-0.25, -0.2) is 0 Å². The molecule has 2 aliphatic heterocycles. The molecule has 0 saturated carbocycles. The summed E-state index contributed by atoms with van der Waals surface area (Å²) in [5.74, 6) is 0.253. The lowest BCUT2D eigenvalue weighted by Gasteiger charge is -2.29. The molecule has 0 aliphatic carbocycles. The lowest BCUT2D eigenvalue weighted by atomic mass is 10.00. The van der Waals surface area contributed by atoms with E-state index < -0.39 is 0 Å². The summed E-state index contributed by atoms with van der Waals surface area (Å²) in [4.78, 5) is 17.0. The van der Waals surface area contributed by atoms with Crippen LogP contribution in [0.3, 0.4) is 0 Å². The molecule has 1 atom stereocenters. The number of likely N-dealkylation sites (tertiary alicyclic amines) is 1. The van der Waals surface area contributed by atoms with Crippen molar-refractivity contribution in [2.45, 2.75) is 39.3 Å². The molecule has 1 fully saturated rings. The van der Waals surface area contributed by atoms with Gasteiger partial charge < -0.3 is 4.90 Å². The van der Waals surface area contributed by atoms with Crippen molar-refractivity contribution >= 4 is 5.91 Å². The zero-order chi connectivity index (χ0) is 17.4. The highest BCUT2D eigenvalue weighted by molar-refractivity contribution is 5.78. The van der Waals surface area contributed by atoms with Gasteiger partial charge in [0.15, 0.2) is 0 Å². The largest absolute Gasteiger partial charge is 0.339 e. The highest BCUT2D eigenvalue weighted by Crippen LogP contribution is 2.24. The van der Waals surface area contributed by atoms with Gasteiger partial charge in [0.1, 0.15) is 0 Å². The molecule has 5 heteroatoms. The van der Waals surface area contributed by atoms with Crippen molar-refractivity contribution in [1.29, 1.82) is 0 Å². The number of rotatable bonds is 3. The quantitative estimate of drug-likeness (QED) is 0.862. The average Bonchev–Trinajstić information content (AvgIpc) is 3.21. The molecule has 25 heavy (non-hydrogen) atoms. The Morgan fingerprint density at radius 2 is 2.00 bits per heavy atom. The van der Waals surface area contributed by atoms with E-state index in [0.717, 1.165) is 44.7 Å². The first kappa shape index (κ1) is 16.3. The molecular formula is C20H26N4O. The van der Waals surface area contributed by atoms with Gasteiger partial charge in [0, 0.05) is 31.9 Å². The van der Waals surface area contributed by atoms with E-state index in [1.807, 2.05) is 11.8 Å². The second-order valence-corrected chi connectivity index (χ2v) is 7.38. The van der Waals surface area contributed by atoms with E-state index in [9.17, 15) is 4.79 Å². The minimum atomic E-state index is 0.253. The Morgan fingerprint density at radius 1 is 1.20 bits per heavy atom. The summed E-state index contributed by atoms with van der Waals surface area (Å²) in [6, 6.07) is 11.0. The Kier molecular flexibility index (Phi) is 4.34. The maximum absolute atomic E-state index is 12.7. The van der Waals surface area contributed by atoms with Crippen LogP contribution in [0.15, 0.2) is 30.3 Å². The molecule has 0 N–H and O–H groups in total. The minimum absolute atomic E-state index is 0.253. The van der Waals surface area contributed by atoms with E-state index in [1.54, 1.807) is 0 Å². The van der Waals surface area contributed by atoms with Gasteiger partial charge >= 0.3 is 0 Å². The highest BCUT2D eigenvalue weighted by Gasteiger charge is 2.30. The molecule has 5 nitrogen and oxygen atoms in total. The summed E-state index contributed by atoms with van der Waals surface area (Å²) < 4.78 is 2.10. The van der Waals surface area contributed by atoms with Gasteiger partial charge in [0.25, 0.3) is 0 Å². The Hall–Kier alpha value is -2.14. The van der Waals surface area contributed by atoms with Crippen molar-refractivity contribution in [3.63, 3.8) is 0 Å². The number of nitrogens with zero attached hydrogens (tertiary/aromatic N) is 4. The molecule has 1 saturated heterocycles. The predicted octanol–water partition coefficient (Wildman–Crippen LogP) is 2.33. The van der Waals surface area contributed by atoms with Crippen molar-refractivity contribution in [2.75, 3.05) is 26.2 Å². The standard InChI is InChI=1S/C20H26N4O/c1-15-11-16(2)24(21-15)19-8-10-23(13-19)20(25)14-22-9-7-17-5-3-4-6-18(17)12-22/h3-6,11,19H,7-10,12-14H2,1-2H3/t19-/m0/s1. The number of aryl methyl sites for hydroxylation is 2. The van der Waals surface area contributed by atoms with Crippen molar-refractivity contribution in [1.82, 2.24) is 19.6 Å². The van der Waals surface area contributed by atoms with Crippen LogP contribution >= 0.6 is 0 Å². The molecule has 132 valence electrons. The first-order valence-corrected chi connectivity index (χ1v) is 9.20. The summed E-state index contributed by atoms with van der Waals surface area (Å²) in [6.45, 7) is 8.12. The Morgan fingerprint density at radius 3 is 2.76 bits per heavy atom. The number of amides is 1. The molecule has 0 unspecified atom stereocenters. The zero-order valence-electron chi connectivity index (χ0n) is 15.1. The topological polar surface area (TPSA) is 41.4 Å². The number of carbonyl (C=O) groups excluding carboxylic acids is 1. The van der Waals surface area contributed by atoms with Gasteiger partial charge in [0.2, 0.25) is 5.91 Å². The number of hydrogen-bond donors (Lipinski definition) is 0. The van der Waals surface area contributed by atoms with Crippen LogP contribution < -0.4 is 0 Å². The smallest absolute Gasteiger partial charge is 0.236 e. The number of hydrogen-bond acceptors (Lipinski definition) is 3. The fourth-order valence-corrected chi connectivity index (χ4v) is 4.16. The third kappa shape index (κ3) is 3.33. The van der Waals surface area contributed by atoms with Crippen LogP contribution in [0.25, 0.3) is 0 Å². The Labute approximate surface area is 149 Å². The SMILES string of the molecule is Cc1cc(C)n([C@H]2CCN(C(=O)CN3CCc4ccccc4C3)C2)n1. The van der Waals surface area contributed by atoms with E-state index in [1.165, 1.54) is 16.8 Å². The summed E-state index contributed by atoms with van der Waals surface area (Å²) in [5.41, 5.74) is 5.03. The number of aromatic nitrogens is 2. The third-order valence-corrected chi connectivity index (χ3v) is 5.48. The van der Waals surface area contributed by atoms with E-state index >= 15 is 0 Å². The molecule has 1 aromatic carbocycles. The number of fused-ring (bicyclic) bond motifs is 1. The maximum atomic E-state index is 12.7. The molecule has 1 amide bonds. The second-order valence-electron chi connectivity index (χ2n) is 7.38. The molecule has 4 rings (SSSR count). The normalized spacial score (nSPS) is 20.7. The molecular weight excluding hydrogens is 312 g/mol. The Bertz CT molecular complexity index is 782. The monoisotopic (exact) mass is 338 g/mol. The molecule has 0 radical (unpaired) electrons. The van der Waals surface area contributed by atoms with Crippen molar-refractivity contribution in [3.8, 4) is 0 Å².